The standard InChI is InChI=1S/C14H15Br2NO7/c1-4-24-14(19)12(16)11(15)13(18)7-5-9(22-2)10(23-3)6-8(7)17(20)21/h5-6,11-12H,4H2,1-3H3. The summed E-state index contributed by atoms with van der Waals surface area (Å²) in [5, 5.41) is 11.3. The van der Waals surface area contributed by atoms with E-state index in [0.717, 1.165) is 6.07 Å². The minimum absolute atomic E-state index is 0.118. The highest BCUT2D eigenvalue weighted by Gasteiger charge is 2.35. The maximum atomic E-state index is 12.6. The number of methoxy groups -OCH3 is 2. The average molecular weight is 469 g/mol. The van der Waals surface area contributed by atoms with E-state index in [2.05, 4.69) is 31.9 Å². The number of nitrogens with zero attached hydrogens (tertiary/aromatic N) is 1. The Labute approximate surface area is 154 Å². The molecule has 1 rings (SSSR count). The summed E-state index contributed by atoms with van der Waals surface area (Å²) in [6.07, 6.45) is 0. The Bertz CT molecular complexity index is 650. The molecule has 132 valence electrons. The number of Topliss-reactive ketones (excluding diaryl/α,β-unsaturated/α-hetero) is 1. The fourth-order valence-electron chi connectivity index (χ4n) is 1.84. The van der Waals surface area contributed by atoms with E-state index in [0.29, 0.717) is 0 Å². The van der Waals surface area contributed by atoms with Crippen molar-refractivity contribution >= 4 is 49.3 Å². The summed E-state index contributed by atoms with van der Waals surface area (Å²) in [5.74, 6) is -1.05. The topological polar surface area (TPSA) is 105 Å². The molecule has 2 atom stereocenters. The van der Waals surface area contributed by atoms with E-state index in [1.165, 1.54) is 20.3 Å². The highest BCUT2D eigenvalue weighted by molar-refractivity contribution is 9.12. The van der Waals surface area contributed by atoms with E-state index in [1.807, 2.05) is 0 Å². The maximum Gasteiger partial charge on any atom is 0.321 e. The van der Waals surface area contributed by atoms with Crippen LogP contribution in [0.3, 0.4) is 0 Å². The number of halogens is 2. The minimum atomic E-state index is -1.06. The number of hydrogen-bond acceptors (Lipinski definition) is 7. The zero-order valence-electron chi connectivity index (χ0n) is 13.1. The van der Waals surface area contributed by atoms with Gasteiger partial charge in [-0.2, -0.15) is 0 Å². The van der Waals surface area contributed by atoms with Gasteiger partial charge in [0.1, 0.15) is 15.2 Å². The molecule has 10 heteroatoms. The van der Waals surface area contributed by atoms with Gasteiger partial charge in [0.15, 0.2) is 17.3 Å². The predicted molar refractivity (Wildman–Crippen MR) is 92.6 cm³/mol. The van der Waals surface area contributed by atoms with Crippen LogP contribution in [0.2, 0.25) is 0 Å². The smallest absolute Gasteiger partial charge is 0.321 e. The Morgan fingerprint density at radius 2 is 1.71 bits per heavy atom. The molecule has 2 unspecified atom stereocenters. The van der Waals surface area contributed by atoms with Gasteiger partial charge in [0.25, 0.3) is 5.69 Å². The molecule has 0 saturated carbocycles. The largest absolute Gasteiger partial charge is 0.493 e. The average Bonchev–Trinajstić information content (AvgIpc) is 2.58. The molecule has 0 spiro atoms. The Morgan fingerprint density at radius 3 is 2.17 bits per heavy atom. The molecule has 0 aliphatic heterocycles. The lowest BCUT2D eigenvalue weighted by atomic mass is 10.0. The molecule has 1 aromatic carbocycles. The van der Waals surface area contributed by atoms with Gasteiger partial charge in [-0.05, 0) is 6.92 Å². The third kappa shape index (κ3) is 4.44. The summed E-state index contributed by atoms with van der Waals surface area (Å²) in [6.45, 7) is 1.77. The van der Waals surface area contributed by atoms with Gasteiger partial charge in [-0.1, -0.05) is 31.9 Å². The monoisotopic (exact) mass is 467 g/mol. The number of alkyl halides is 2. The molecule has 0 aromatic heterocycles. The van der Waals surface area contributed by atoms with E-state index in [4.69, 9.17) is 14.2 Å². The fourth-order valence-corrected chi connectivity index (χ4v) is 2.67. The van der Waals surface area contributed by atoms with Crippen molar-refractivity contribution < 1.29 is 28.7 Å². The van der Waals surface area contributed by atoms with E-state index in [9.17, 15) is 19.7 Å². The van der Waals surface area contributed by atoms with Gasteiger partial charge in [0.2, 0.25) is 0 Å². The Hall–Kier alpha value is -1.68. The summed E-state index contributed by atoms with van der Waals surface area (Å²) < 4.78 is 14.9. The molecular formula is C14H15Br2NO7. The van der Waals surface area contributed by atoms with Crippen LogP contribution in [0.4, 0.5) is 5.69 Å². The molecule has 1 aromatic rings. The molecule has 0 saturated heterocycles. The second-order valence-corrected chi connectivity index (χ2v) is 6.37. The number of carbonyl (C=O) groups is 2. The Kier molecular flexibility index (Phi) is 7.61. The third-order valence-electron chi connectivity index (χ3n) is 2.98. The number of ether oxygens (including phenoxy) is 3. The lowest BCUT2D eigenvalue weighted by Crippen LogP contribution is -2.32. The molecular weight excluding hydrogens is 454 g/mol. The van der Waals surface area contributed by atoms with E-state index in [1.54, 1.807) is 6.92 Å². The number of esters is 1. The van der Waals surface area contributed by atoms with Gasteiger partial charge in [-0.25, -0.2) is 0 Å². The number of ketones is 1. The van der Waals surface area contributed by atoms with Crippen LogP contribution in [0.25, 0.3) is 0 Å². The number of rotatable bonds is 8. The second-order valence-electron chi connectivity index (χ2n) is 4.40. The van der Waals surface area contributed by atoms with Crippen molar-refractivity contribution in [3.63, 3.8) is 0 Å². The Balaban J connectivity index is 3.30. The molecule has 0 aliphatic carbocycles. The number of benzene rings is 1. The number of nitro benzene ring substituents is 1. The van der Waals surface area contributed by atoms with Gasteiger partial charge < -0.3 is 14.2 Å². The first-order valence-electron chi connectivity index (χ1n) is 6.67. The van der Waals surface area contributed by atoms with Crippen molar-refractivity contribution in [3.05, 3.63) is 27.8 Å². The van der Waals surface area contributed by atoms with Crippen LogP contribution in [0.5, 0.6) is 11.5 Å². The van der Waals surface area contributed by atoms with Gasteiger partial charge in [-0.15, -0.1) is 0 Å². The van der Waals surface area contributed by atoms with Crippen LogP contribution in [0.1, 0.15) is 17.3 Å². The molecule has 24 heavy (non-hydrogen) atoms. The summed E-state index contributed by atoms with van der Waals surface area (Å²) in [7, 11) is 2.67. The fraction of sp³-hybridized carbons (Fsp3) is 0.429. The molecule has 8 nitrogen and oxygen atoms in total. The van der Waals surface area contributed by atoms with Crippen molar-refractivity contribution in [3.8, 4) is 11.5 Å². The summed E-state index contributed by atoms with van der Waals surface area (Å²) in [6, 6.07) is 2.30. The van der Waals surface area contributed by atoms with Crippen LogP contribution >= 0.6 is 31.9 Å². The molecule has 0 radical (unpaired) electrons. The zero-order valence-corrected chi connectivity index (χ0v) is 16.2. The molecule has 0 aliphatic rings. The van der Waals surface area contributed by atoms with E-state index >= 15 is 0 Å². The van der Waals surface area contributed by atoms with Crippen molar-refractivity contribution in [1.82, 2.24) is 0 Å². The van der Waals surface area contributed by atoms with E-state index in [-0.39, 0.29) is 23.7 Å². The molecule has 0 heterocycles. The van der Waals surface area contributed by atoms with Crippen LogP contribution in [-0.2, 0) is 9.53 Å². The van der Waals surface area contributed by atoms with Gasteiger partial charge in [-0.3, -0.25) is 19.7 Å². The molecule has 0 fully saturated rings. The van der Waals surface area contributed by atoms with Gasteiger partial charge in [0.05, 0.1) is 31.8 Å². The minimum Gasteiger partial charge on any atom is -0.493 e. The van der Waals surface area contributed by atoms with Crippen LogP contribution in [0.15, 0.2) is 12.1 Å². The highest BCUT2D eigenvalue weighted by atomic mass is 79.9. The first kappa shape index (κ1) is 20.4. The summed E-state index contributed by atoms with van der Waals surface area (Å²) in [5.41, 5.74) is -0.668. The number of hydrogen-bond donors (Lipinski definition) is 0. The number of carbonyl (C=O) groups excluding carboxylic acids is 2. The summed E-state index contributed by atoms with van der Waals surface area (Å²) >= 11 is 6.15. The molecule has 0 bridgehead atoms. The van der Waals surface area contributed by atoms with Crippen LogP contribution in [-0.4, -0.2) is 47.2 Å². The number of nitro groups is 1. The lowest BCUT2D eigenvalue weighted by Gasteiger charge is -2.16. The van der Waals surface area contributed by atoms with E-state index < -0.39 is 32.0 Å². The third-order valence-corrected chi connectivity index (χ3v) is 5.54. The quantitative estimate of drug-likeness (QED) is 0.190. The predicted octanol–water partition coefficient (Wildman–Crippen LogP) is 2.88. The second kappa shape index (κ2) is 8.97. The maximum absolute atomic E-state index is 12.6. The SMILES string of the molecule is CCOC(=O)C(Br)C(Br)C(=O)c1cc(OC)c(OC)cc1[N+](=O)[O-]. The zero-order chi connectivity index (χ0) is 18.4. The Morgan fingerprint density at radius 1 is 1.17 bits per heavy atom. The van der Waals surface area contributed by atoms with Crippen molar-refractivity contribution in [2.45, 2.75) is 16.6 Å². The highest BCUT2D eigenvalue weighted by Crippen LogP contribution is 2.36. The van der Waals surface area contributed by atoms with Crippen LogP contribution in [0, 0.1) is 10.1 Å². The van der Waals surface area contributed by atoms with Gasteiger partial charge in [0, 0.05) is 6.07 Å². The first-order valence-corrected chi connectivity index (χ1v) is 8.50. The van der Waals surface area contributed by atoms with Gasteiger partial charge >= 0.3 is 5.97 Å². The first-order chi connectivity index (χ1) is 11.3. The van der Waals surface area contributed by atoms with Crippen molar-refractivity contribution in [1.29, 1.82) is 0 Å². The van der Waals surface area contributed by atoms with Crippen molar-refractivity contribution in [2.24, 2.45) is 0 Å². The lowest BCUT2D eigenvalue weighted by molar-refractivity contribution is -0.385. The molecule has 0 amide bonds. The normalized spacial score (nSPS) is 12.9. The molecule has 0 N–H and O–H groups in total. The van der Waals surface area contributed by atoms with Crippen LogP contribution < -0.4 is 9.47 Å². The summed E-state index contributed by atoms with van der Waals surface area (Å²) in [4.78, 5) is 32.8. The van der Waals surface area contributed by atoms with Crippen molar-refractivity contribution in [2.75, 3.05) is 20.8 Å².